The molecule has 0 amide bonds. The molecule has 1 aromatic carbocycles. The fourth-order valence-corrected chi connectivity index (χ4v) is 2.05. The van der Waals surface area contributed by atoms with Gasteiger partial charge in [-0.15, -0.1) is 0 Å². The molecular weight excluding hydrogens is 240 g/mol. The van der Waals surface area contributed by atoms with Gasteiger partial charge in [0.2, 0.25) is 0 Å². The minimum absolute atomic E-state index is 0.229. The van der Waals surface area contributed by atoms with Crippen LogP contribution in [0.3, 0.4) is 0 Å². The summed E-state index contributed by atoms with van der Waals surface area (Å²) in [6.07, 6.45) is 1.16. The molecule has 0 radical (unpaired) electrons. The van der Waals surface area contributed by atoms with Gasteiger partial charge in [0, 0.05) is 32.8 Å². The van der Waals surface area contributed by atoms with E-state index < -0.39 is 6.10 Å². The Morgan fingerprint density at radius 1 is 1.32 bits per heavy atom. The lowest BCUT2D eigenvalue weighted by Gasteiger charge is -2.24. The first-order valence-corrected chi connectivity index (χ1v) is 6.78. The van der Waals surface area contributed by atoms with E-state index in [-0.39, 0.29) is 6.04 Å². The van der Waals surface area contributed by atoms with Crippen LogP contribution in [0, 0.1) is 0 Å². The molecule has 19 heavy (non-hydrogen) atoms. The summed E-state index contributed by atoms with van der Waals surface area (Å²) in [5.41, 5.74) is 7.21. The Hall–Kier alpha value is -0.940. The van der Waals surface area contributed by atoms with Crippen LogP contribution in [-0.4, -0.2) is 56.0 Å². The summed E-state index contributed by atoms with van der Waals surface area (Å²) in [7, 11) is 3.69. The fourth-order valence-electron chi connectivity index (χ4n) is 2.05. The molecule has 0 aliphatic carbocycles. The molecule has 3 N–H and O–H groups in total. The minimum Gasteiger partial charge on any atom is -0.390 e. The molecular formula is C15H26N2O2. The topological polar surface area (TPSA) is 58.7 Å². The van der Waals surface area contributed by atoms with Crippen LogP contribution in [0.15, 0.2) is 30.3 Å². The third-order valence-electron chi connectivity index (χ3n) is 3.20. The molecule has 1 aromatic rings. The van der Waals surface area contributed by atoms with Crippen molar-refractivity contribution in [1.29, 1.82) is 0 Å². The smallest absolute Gasteiger partial charge is 0.0820 e. The molecule has 4 nitrogen and oxygen atoms in total. The molecule has 0 heterocycles. The summed E-state index contributed by atoms with van der Waals surface area (Å²) in [6, 6.07) is 9.81. The number of rotatable bonds is 9. The standard InChI is InChI=1S/C15H26N2O2/c1-17(9-6-10-19-2)12-15(18)14(16)11-13-7-4-3-5-8-13/h3-5,7-8,14-15,18H,6,9-12,16H2,1-2H3. The first kappa shape index (κ1) is 16.1. The predicted molar refractivity (Wildman–Crippen MR) is 78.1 cm³/mol. The number of aliphatic hydroxyl groups is 1. The van der Waals surface area contributed by atoms with E-state index in [1.54, 1.807) is 7.11 Å². The number of hydrogen-bond acceptors (Lipinski definition) is 4. The summed E-state index contributed by atoms with van der Waals surface area (Å²) in [5.74, 6) is 0. The van der Waals surface area contributed by atoms with Gasteiger partial charge in [0.1, 0.15) is 0 Å². The Bertz CT molecular complexity index is 332. The van der Waals surface area contributed by atoms with Crippen LogP contribution < -0.4 is 5.73 Å². The zero-order valence-electron chi connectivity index (χ0n) is 12.0. The first-order chi connectivity index (χ1) is 9.13. The molecule has 0 saturated carbocycles. The van der Waals surface area contributed by atoms with E-state index in [1.807, 2.05) is 37.4 Å². The van der Waals surface area contributed by atoms with Crippen molar-refractivity contribution in [3.63, 3.8) is 0 Å². The van der Waals surface area contributed by atoms with Crippen LogP contribution in [0.5, 0.6) is 0 Å². The number of ether oxygens (including phenoxy) is 1. The molecule has 2 unspecified atom stereocenters. The van der Waals surface area contributed by atoms with Crippen molar-refractivity contribution in [2.45, 2.75) is 25.0 Å². The average Bonchev–Trinajstić information content (AvgIpc) is 2.40. The molecule has 4 heteroatoms. The van der Waals surface area contributed by atoms with Crippen molar-refractivity contribution in [3.05, 3.63) is 35.9 Å². The largest absolute Gasteiger partial charge is 0.390 e. The third kappa shape index (κ3) is 6.68. The molecule has 2 atom stereocenters. The molecule has 0 aliphatic rings. The number of methoxy groups -OCH3 is 1. The van der Waals surface area contributed by atoms with Crippen LogP contribution in [0.25, 0.3) is 0 Å². The number of likely N-dealkylation sites (N-methyl/N-ethyl adjacent to an activating group) is 1. The Balaban J connectivity index is 2.30. The summed E-state index contributed by atoms with van der Waals surface area (Å²) in [4.78, 5) is 2.09. The van der Waals surface area contributed by atoms with Crippen molar-refractivity contribution >= 4 is 0 Å². The number of aliphatic hydroxyl groups excluding tert-OH is 1. The lowest BCUT2D eigenvalue weighted by molar-refractivity contribution is 0.0962. The molecule has 0 fully saturated rings. The number of nitrogens with two attached hydrogens (primary N) is 1. The van der Waals surface area contributed by atoms with Crippen molar-refractivity contribution in [1.82, 2.24) is 4.90 Å². The zero-order chi connectivity index (χ0) is 14.1. The van der Waals surface area contributed by atoms with Crippen LogP contribution >= 0.6 is 0 Å². The highest BCUT2D eigenvalue weighted by Gasteiger charge is 2.16. The van der Waals surface area contributed by atoms with Crippen LogP contribution in [0.1, 0.15) is 12.0 Å². The first-order valence-electron chi connectivity index (χ1n) is 6.78. The fraction of sp³-hybridized carbons (Fsp3) is 0.600. The normalized spacial score (nSPS) is 14.6. The maximum Gasteiger partial charge on any atom is 0.0820 e. The summed E-state index contributed by atoms with van der Waals surface area (Å²) in [5, 5.41) is 10.1. The van der Waals surface area contributed by atoms with E-state index in [9.17, 15) is 5.11 Å². The van der Waals surface area contributed by atoms with E-state index in [1.165, 1.54) is 0 Å². The van der Waals surface area contributed by atoms with Crippen molar-refractivity contribution in [2.75, 3.05) is 33.9 Å². The molecule has 0 aliphatic heterocycles. The second kappa shape index (κ2) is 9.04. The van der Waals surface area contributed by atoms with Crippen LogP contribution in [-0.2, 0) is 11.2 Å². The van der Waals surface area contributed by atoms with Gasteiger partial charge in [0.05, 0.1) is 6.10 Å². The summed E-state index contributed by atoms with van der Waals surface area (Å²) in [6.45, 7) is 2.25. The molecule has 0 spiro atoms. The zero-order valence-corrected chi connectivity index (χ0v) is 12.0. The molecule has 0 saturated heterocycles. The number of benzene rings is 1. The summed E-state index contributed by atoms with van der Waals surface area (Å²) < 4.78 is 5.01. The van der Waals surface area contributed by atoms with Crippen LogP contribution in [0.2, 0.25) is 0 Å². The molecule has 0 bridgehead atoms. The van der Waals surface area contributed by atoms with Gasteiger partial charge in [-0.2, -0.15) is 0 Å². The Morgan fingerprint density at radius 3 is 2.63 bits per heavy atom. The maximum atomic E-state index is 10.1. The van der Waals surface area contributed by atoms with Gasteiger partial charge in [-0.1, -0.05) is 30.3 Å². The Labute approximate surface area is 116 Å². The Kier molecular flexibility index (Phi) is 7.67. The highest BCUT2D eigenvalue weighted by atomic mass is 16.5. The number of hydrogen-bond donors (Lipinski definition) is 2. The number of nitrogens with zero attached hydrogens (tertiary/aromatic N) is 1. The second-order valence-electron chi connectivity index (χ2n) is 5.03. The van der Waals surface area contributed by atoms with Gasteiger partial charge in [0.15, 0.2) is 0 Å². The molecule has 108 valence electrons. The highest BCUT2D eigenvalue weighted by molar-refractivity contribution is 5.16. The monoisotopic (exact) mass is 266 g/mol. The van der Waals surface area contributed by atoms with Crippen molar-refractivity contribution in [3.8, 4) is 0 Å². The van der Waals surface area contributed by atoms with Gasteiger partial charge in [0.25, 0.3) is 0 Å². The van der Waals surface area contributed by atoms with Gasteiger partial charge in [-0.3, -0.25) is 0 Å². The lowest BCUT2D eigenvalue weighted by Crippen LogP contribution is -2.44. The maximum absolute atomic E-state index is 10.1. The minimum atomic E-state index is -0.507. The summed E-state index contributed by atoms with van der Waals surface area (Å²) >= 11 is 0. The van der Waals surface area contributed by atoms with E-state index in [2.05, 4.69) is 4.90 Å². The van der Waals surface area contributed by atoms with Gasteiger partial charge >= 0.3 is 0 Å². The van der Waals surface area contributed by atoms with E-state index in [0.29, 0.717) is 13.0 Å². The SMILES string of the molecule is COCCCN(C)CC(O)C(N)Cc1ccccc1. The van der Waals surface area contributed by atoms with Gasteiger partial charge < -0.3 is 20.5 Å². The van der Waals surface area contributed by atoms with E-state index in [0.717, 1.165) is 25.1 Å². The second-order valence-corrected chi connectivity index (χ2v) is 5.03. The van der Waals surface area contributed by atoms with E-state index in [4.69, 9.17) is 10.5 Å². The lowest BCUT2D eigenvalue weighted by atomic mass is 10.0. The van der Waals surface area contributed by atoms with Gasteiger partial charge in [-0.05, 0) is 25.5 Å². The predicted octanol–water partition coefficient (Wildman–Crippen LogP) is 0.886. The quantitative estimate of drug-likeness (QED) is 0.652. The van der Waals surface area contributed by atoms with Crippen molar-refractivity contribution < 1.29 is 9.84 Å². The van der Waals surface area contributed by atoms with Crippen molar-refractivity contribution in [2.24, 2.45) is 5.73 Å². The molecule has 1 rings (SSSR count). The third-order valence-corrected chi connectivity index (χ3v) is 3.20. The van der Waals surface area contributed by atoms with Gasteiger partial charge in [-0.25, -0.2) is 0 Å². The average molecular weight is 266 g/mol. The highest BCUT2D eigenvalue weighted by Crippen LogP contribution is 2.05. The Morgan fingerprint density at radius 2 is 2.00 bits per heavy atom. The van der Waals surface area contributed by atoms with E-state index >= 15 is 0 Å². The van der Waals surface area contributed by atoms with Crippen LogP contribution in [0.4, 0.5) is 0 Å². The molecule has 0 aromatic heterocycles.